The van der Waals surface area contributed by atoms with Crippen molar-refractivity contribution in [3.8, 4) is 0 Å². The van der Waals surface area contributed by atoms with Gasteiger partial charge in [-0.15, -0.1) is 0 Å². The summed E-state index contributed by atoms with van der Waals surface area (Å²) in [5, 5.41) is 0.623. The zero-order valence-electron chi connectivity index (χ0n) is 12.6. The quantitative estimate of drug-likeness (QED) is 0.568. The van der Waals surface area contributed by atoms with Crippen LogP contribution in [0.3, 0.4) is 0 Å². The molecule has 1 heterocycles. The summed E-state index contributed by atoms with van der Waals surface area (Å²) < 4.78 is 5.09. The van der Waals surface area contributed by atoms with E-state index in [4.69, 9.17) is 4.42 Å². The van der Waals surface area contributed by atoms with Crippen LogP contribution in [0.4, 0.5) is 0 Å². The highest BCUT2D eigenvalue weighted by Crippen LogP contribution is 2.12. The number of amides is 2. The number of fused-ring (bicyclic) bond motifs is 1. The van der Waals surface area contributed by atoms with Crippen molar-refractivity contribution in [1.82, 2.24) is 10.9 Å². The van der Waals surface area contributed by atoms with Gasteiger partial charge in [0.15, 0.2) is 0 Å². The van der Waals surface area contributed by atoms with Gasteiger partial charge >= 0.3 is 5.63 Å². The number of benzene rings is 2. The van der Waals surface area contributed by atoms with Crippen LogP contribution in [-0.4, -0.2) is 11.8 Å². The maximum atomic E-state index is 12.1. The fourth-order valence-corrected chi connectivity index (χ4v) is 2.24. The fraction of sp³-hybridized carbons (Fsp3) is 0.0556. The summed E-state index contributed by atoms with van der Waals surface area (Å²) in [6, 6.07) is 17.4. The van der Waals surface area contributed by atoms with E-state index >= 15 is 0 Å². The molecule has 3 rings (SSSR count). The minimum absolute atomic E-state index is 0.118. The molecule has 0 spiro atoms. The van der Waals surface area contributed by atoms with E-state index < -0.39 is 11.5 Å². The molecule has 2 N–H and O–H groups in total. The molecule has 1 aromatic heterocycles. The highest BCUT2D eigenvalue weighted by atomic mass is 16.4. The van der Waals surface area contributed by atoms with Gasteiger partial charge in [-0.3, -0.25) is 20.4 Å². The van der Waals surface area contributed by atoms with E-state index in [0.717, 1.165) is 5.56 Å². The van der Waals surface area contributed by atoms with Crippen molar-refractivity contribution in [3.05, 3.63) is 82.2 Å². The molecule has 0 saturated heterocycles. The Hall–Kier alpha value is -3.41. The molecule has 3 aromatic rings. The molecular weight excluding hydrogens is 308 g/mol. The standard InChI is InChI=1S/C18H14N2O4/c21-16(10-12-6-2-1-3-7-12)19-20-17(22)14-11-13-8-4-5-9-15(13)24-18(14)23/h1-9,11H,10H2,(H,19,21)(H,20,22). The number of rotatable bonds is 3. The normalized spacial score (nSPS) is 10.3. The van der Waals surface area contributed by atoms with Crippen LogP contribution in [0.15, 0.2) is 69.9 Å². The third-order valence-electron chi connectivity index (χ3n) is 3.41. The lowest BCUT2D eigenvalue weighted by molar-refractivity contribution is -0.121. The summed E-state index contributed by atoms with van der Waals surface area (Å²) in [6.45, 7) is 0. The van der Waals surface area contributed by atoms with Gasteiger partial charge < -0.3 is 4.42 Å². The molecule has 0 aliphatic heterocycles. The van der Waals surface area contributed by atoms with E-state index in [0.29, 0.717) is 11.0 Å². The number of carbonyl (C=O) groups is 2. The third kappa shape index (κ3) is 3.49. The van der Waals surface area contributed by atoms with E-state index in [1.807, 2.05) is 18.2 Å². The van der Waals surface area contributed by atoms with Crippen molar-refractivity contribution < 1.29 is 14.0 Å². The molecule has 0 fully saturated rings. The zero-order chi connectivity index (χ0) is 16.9. The van der Waals surface area contributed by atoms with Crippen molar-refractivity contribution in [2.45, 2.75) is 6.42 Å². The number of nitrogens with one attached hydrogen (secondary N) is 2. The van der Waals surface area contributed by atoms with Gasteiger partial charge in [-0.2, -0.15) is 0 Å². The Morgan fingerprint density at radius 1 is 0.917 bits per heavy atom. The van der Waals surface area contributed by atoms with Crippen LogP contribution >= 0.6 is 0 Å². The van der Waals surface area contributed by atoms with Crippen LogP contribution in [-0.2, 0) is 11.2 Å². The number of carbonyl (C=O) groups excluding carboxylic acids is 2. The molecule has 0 unspecified atom stereocenters. The second-order valence-electron chi connectivity index (χ2n) is 5.15. The molecule has 6 nitrogen and oxygen atoms in total. The summed E-state index contributed by atoms with van der Waals surface area (Å²) >= 11 is 0. The molecule has 0 saturated carbocycles. The zero-order valence-corrected chi connectivity index (χ0v) is 12.6. The van der Waals surface area contributed by atoms with Gasteiger partial charge in [-0.05, 0) is 17.7 Å². The Balaban J connectivity index is 1.68. The Morgan fingerprint density at radius 2 is 1.62 bits per heavy atom. The highest BCUT2D eigenvalue weighted by Gasteiger charge is 2.14. The monoisotopic (exact) mass is 322 g/mol. The minimum Gasteiger partial charge on any atom is -0.422 e. The highest BCUT2D eigenvalue weighted by molar-refractivity contribution is 5.97. The first-order valence-corrected chi connectivity index (χ1v) is 7.29. The minimum atomic E-state index is -0.761. The van der Waals surface area contributed by atoms with Crippen LogP contribution in [0, 0.1) is 0 Å². The van der Waals surface area contributed by atoms with Gasteiger partial charge in [0.25, 0.3) is 5.91 Å². The average molecular weight is 322 g/mol. The van der Waals surface area contributed by atoms with Gasteiger partial charge in [0.2, 0.25) is 5.91 Å². The van der Waals surface area contributed by atoms with E-state index in [1.54, 1.807) is 36.4 Å². The maximum absolute atomic E-state index is 12.1. The molecule has 0 aliphatic rings. The molecule has 0 bridgehead atoms. The van der Waals surface area contributed by atoms with Crippen molar-refractivity contribution in [3.63, 3.8) is 0 Å². The van der Waals surface area contributed by atoms with Crippen molar-refractivity contribution in [2.75, 3.05) is 0 Å². The molecule has 6 heteroatoms. The number of hydrogen-bond acceptors (Lipinski definition) is 4. The Bertz CT molecular complexity index is 948. The van der Waals surface area contributed by atoms with Crippen molar-refractivity contribution in [1.29, 1.82) is 0 Å². The van der Waals surface area contributed by atoms with Crippen molar-refractivity contribution >= 4 is 22.8 Å². The lowest BCUT2D eigenvalue weighted by Gasteiger charge is -2.07. The van der Waals surface area contributed by atoms with Crippen LogP contribution < -0.4 is 16.5 Å². The number of hydrogen-bond donors (Lipinski definition) is 2. The van der Waals surface area contributed by atoms with E-state index in [-0.39, 0.29) is 17.9 Å². The van der Waals surface area contributed by atoms with Gasteiger partial charge in [0.1, 0.15) is 11.1 Å². The lowest BCUT2D eigenvalue weighted by atomic mass is 10.1. The van der Waals surface area contributed by atoms with E-state index in [1.165, 1.54) is 6.07 Å². The summed E-state index contributed by atoms with van der Waals surface area (Å²) in [5.74, 6) is -1.12. The van der Waals surface area contributed by atoms with Crippen LogP contribution in [0.2, 0.25) is 0 Å². The number of hydrazine groups is 1. The SMILES string of the molecule is O=C(Cc1ccccc1)NNC(=O)c1cc2ccccc2oc1=O. The largest absolute Gasteiger partial charge is 0.422 e. The molecule has 2 amide bonds. The second-order valence-corrected chi connectivity index (χ2v) is 5.15. The molecule has 24 heavy (non-hydrogen) atoms. The molecule has 120 valence electrons. The Morgan fingerprint density at radius 3 is 2.42 bits per heavy atom. The first-order chi connectivity index (χ1) is 11.6. The molecule has 0 radical (unpaired) electrons. The Labute approximate surface area is 137 Å². The lowest BCUT2D eigenvalue weighted by Crippen LogP contribution is -2.43. The van der Waals surface area contributed by atoms with E-state index in [9.17, 15) is 14.4 Å². The van der Waals surface area contributed by atoms with Gasteiger partial charge in [0.05, 0.1) is 6.42 Å². The first-order valence-electron chi connectivity index (χ1n) is 7.29. The summed E-state index contributed by atoms with van der Waals surface area (Å²) in [6.07, 6.45) is 0.118. The number of para-hydroxylation sites is 1. The smallest absolute Gasteiger partial charge is 0.349 e. The van der Waals surface area contributed by atoms with Crippen LogP contribution in [0.25, 0.3) is 11.0 Å². The average Bonchev–Trinajstić information content (AvgIpc) is 2.60. The summed E-state index contributed by atoms with van der Waals surface area (Å²) in [4.78, 5) is 35.8. The van der Waals surface area contributed by atoms with E-state index in [2.05, 4.69) is 10.9 Å². The summed E-state index contributed by atoms with van der Waals surface area (Å²) in [7, 11) is 0. The third-order valence-corrected chi connectivity index (χ3v) is 3.41. The first kappa shape index (κ1) is 15.5. The topological polar surface area (TPSA) is 88.4 Å². The van der Waals surface area contributed by atoms with Crippen LogP contribution in [0.1, 0.15) is 15.9 Å². The molecule has 2 aromatic carbocycles. The van der Waals surface area contributed by atoms with Gasteiger partial charge in [-0.25, -0.2) is 4.79 Å². The fourth-order valence-electron chi connectivity index (χ4n) is 2.24. The predicted octanol–water partition coefficient (Wildman–Crippen LogP) is 1.80. The summed E-state index contributed by atoms with van der Waals surface area (Å²) in [5.41, 5.74) is 4.79. The molecule has 0 atom stereocenters. The Kier molecular flexibility index (Phi) is 4.38. The van der Waals surface area contributed by atoms with Gasteiger partial charge in [-0.1, -0.05) is 48.5 Å². The predicted molar refractivity (Wildman–Crippen MR) is 88.2 cm³/mol. The molecule has 0 aliphatic carbocycles. The van der Waals surface area contributed by atoms with Crippen LogP contribution in [0.5, 0.6) is 0 Å². The van der Waals surface area contributed by atoms with Crippen molar-refractivity contribution in [2.24, 2.45) is 0 Å². The van der Waals surface area contributed by atoms with Gasteiger partial charge in [0, 0.05) is 5.39 Å². The molecular formula is C18H14N2O4. The maximum Gasteiger partial charge on any atom is 0.349 e. The second kappa shape index (κ2) is 6.78.